The number of hydrogen-bond donors (Lipinski definition) is 1. The summed E-state index contributed by atoms with van der Waals surface area (Å²) in [5.74, 6) is 0.0732. The highest BCUT2D eigenvalue weighted by Gasteiger charge is 2.21. The van der Waals surface area contributed by atoms with Crippen molar-refractivity contribution in [2.75, 3.05) is 19.1 Å². The standard InChI is InChI=1S/C17H20N2O3S/c1-22-17(21)15(9-12-23-2)18-16(20)13-5-7-14(8-6-13)19-10-3-4-11-19/h3-8,10-11,15H,9,12H2,1-2H3,(H,18,20)/t15-/m0/s1. The molecule has 0 aliphatic carbocycles. The van der Waals surface area contributed by atoms with E-state index in [1.54, 1.807) is 23.9 Å². The zero-order chi connectivity index (χ0) is 16.7. The Morgan fingerprint density at radius 3 is 2.43 bits per heavy atom. The molecule has 1 atom stereocenters. The lowest BCUT2D eigenvalue weighted by molar-refractivity contribution is -0.142. The first-order valence-electron chi connectivity index (χ1n) is 7.26. The molecule has 0 unspecified atom stereocenters. The molecule has 0 aliphatic heterocycles. The Morgan fingerprint density at radius 1 is 1.22 bits per heavy atom. The number of thioether (sulfide) groups is 1. The Balaban J connectivity index is 2.05. The number of nitrogens with one attached hydrogen (secondary N) is 1. The van der Waals surface area contributed by atoms with Crippen LogP contribution in [0.2, 0.25) is 0 Å². The van der Waals surface area contributed by atoms with Gasteiger partial charge in [0.2, 0.25) is 0 Å². The van der Waals surface area contributed by atoms with Crippen LogP contribution in [0.4, 0.5) is 0 Å². The van der Waals surface area contributed by atoms with Gasteiger partial charge in [0.05, 0.1) is 7.11 Å². The largest absolute Gasteiger partial charge is 0.467 e. The highest BCUT2D eigenvalue weighted by molar-refractivity contribution is 7.98. The molecule has 0 radical (unpaired) electrons. The molecule has 5 nitrogen and oxygen atoms in total. The Morgan fingerprint density at radius 2 is 1.87 bits per heavy atom. The number of hydrogen-bond acceptors (Lipinski definition) is 4. The van der Waals surface area contributed by atoms with E-state index in [0.29, 0.717) is 12.0 Å². The third kappa shape index (κ3) is 4.63. The number of aromatic nitrogens is 1. The number of carbonyl (C=O) groups excluding carboxylic acids is 2. The van der Waals surface area contributed by atoms with Gasteiger partial charge in [-0.1, -0.05) is 0 Å². The van der Waals surface area contributed by atoms with Crippen molar-refractivity contribution in [1.82, 2.24) is 9.88 Å². The lowest BCUT2D eigenvalue weighted by Crippen LogP contribution is -2.41. The highest BCUT2D eigenvalue weighted by atomic mass is 32.2. The number of carbonyl (C=O) groups is 2. The van der Waals surface area contributed by atoms with Gasteiger partial charge in [-0.05, 0) is 54.8 Å². The van der Waals surface area contributed by atoms with Gasteiger partial charge in [-0.25, -0.2) is 4.79 Å². The molecule has 23 heavy (non-hydrogen) atoms. The minimum Gasteiger partial charge on any atom is -0.467 e. The number of rotatable bonds is 7. The van der Waals surface area contributed by atoms with E-state index >= 15 is 0 Å². The van der Waals surface area contributed by atoms with Crippen LogP contribution < -0.4 is 5.32 Å². The SMILES string of the molecule is COC(=O)[C@H](CCSC)NC(=O)c1ccc(-n2cccc2)cc1. The maximum absolute atomic E-state index is 12.3. The molecule has 0 bridgehead atoms. The fourth-order valence-electron chi connectivity index (χ4n) is 2.16. The van der Waals surface area contributed by atoms with Crippen LogP contribution in [0, 0.1) is 0 Å². The second-order valence-electron chi connectivity index (χ2n) is 4.97. The molecule has 2 aromatic rings. The molecule has 1 N–H and O–H groups in total. The highest BCUT2D eigenvalue weighted by Crippen LogP contribution is 2.11. The van der Waals surface area contributed by atoms with Crippen molar-refractivity contribution in [1.29, 1.82) is 0 Å². The predicted octanol–water partition coefficient (Wildman–Crippen LogP) is 2.50. The van der Waals surface area contributed by atoms with Crippen LogP contribution in [-0.4, -0.2) is 41.6 Å². The molecule has 0 saturated heterocycles. The summed E-state index contributed by atoms with van der Waals surface area (Å²) in [4.78, 5) is 24.0. The topological polar surface area (TPSA) is 60.3 Å². The fourth-order valence-corrected chi connectivity index (χ4v) is 2.63. The zero-order valence-corrected chi connectivity index (χ0v) is 14.0. The van der Waals surface area contributed by atoms with Crippen molar-refractivity contribution < 1.29 is 14.3 Å². The number of benzene rings is 1. The molecule has 6 heteroatoms. The molecular formula is C17H20N2O3S. The van der Waals surface area contributed by atoms with E-state index in [1.807, 2.05) is 47.5 Å². The van der Waals surface area contributed by atoms with Crippen molar-refractivity contribution in [3.05, 3.63) is 54.4 Å². The Bertz CT molecular complexity index is 638. The van der Waals surface area contributed by atoms with Crippen molar-refractivity contribution in [2.45, 2.75) is 12.5 Å². The van der Waals surface area contributed by atoms with Crippen LogP contribution in [-0.2, 0) is 9.53 Å². The molecule has 0 aliphatic rings. The summed E-state index contributed by atoms with van der Waals surface area (Å²) < 4.78 is 6.70. The van der Waals surface area contributed by atoms with Crippen LogP contribution >= 0.6 is 11.8 Å². The van der Waals surface area contributed by atoms with E-state index in [1.165, 1.54) is 7.11 Å². The van der Waals surface area contributed by atoms with E-state index in [2.05, 4.69) is 5.32 Å². The van der Waals surface area contributed by atoms with Crippen molar-refractivity contribution in [3.8, 4) is 5.69 Å². The number of nitrogens with zero attached hydrogens (tertiary/aromatic N) is 1. The average molecular weight is 332 g/mol. The molecule has 0 fully saturated rings. The summed E-state index contributed by atoms with van der Waals surface area (Å²) in [6.07, 6.45) is 6.37. The fraction of sp³-hybridized carbons (Fsp3) is 0.294. The van der Waals surface area contributed by atoms with Crippen molar-refractivity contribution >= 4 is 23.6 Å². The molecular weight excluding hydrogens is 312 g/mol. The van der Waals surface area contributed by atoms with Gasteiger partial charge < -0.3 is 14.6 Å². The van der Waals surface area contributed by atoms with Crippen LogP contribution in [0.1, 0.15) is 16.8 Å². The summed E-state index contributed by atoms with van der Waals surface area (Å²) in [7, 11) is 1.33. The second kappa shape index (κ2) is 8.43. The number of ether oxygens (including phenoxy) is 1. The first-order valence-corrected chi connectivity index (χ1v) is 8.66. The predicted molar refractivity (Wildman–Crippen MR) is 92.0 cm³/mol. The van der Waals surface area contributed by atoms with Gasteiger partial charge in [0.1, 0.15) is 6.04 Å². The van der Waals surface area contributed by atoms with Gasteiger partial charge >= 0.3 is 5.97 Å². The third-order valence-electron chi connectivity index (χ3n) is 3.43. The van der Waals surface area contributed by atoms with Crippen molar-refractivity contribution in [2.24, 2.45) is 0 Å². The van der Waals surface area contributed by atoms with Gasteiger partial charge in [-0.2, -0.15) is 11.8 Å². The normalized spacial score (nSPS) is 11.7. The lowest BCUT2D eigenvalue weighted by Gasteiger charge is -2.16. The van der Waals surface area contributed by atoms with E-state index in [9.17, 15) is 9.59 Å². The Hall–Kier alpha value is -2.21. The number of esters is 1. The summed E-state index contributed by atoms with van der Waals surface area (Å²) in [5.41, 5.74) is 1.48. The molecule has 1 amide bonds. The van der Waals surface area contributed by atoms with E-state index in [-0.39, 0.29) is 5.91 Å². The van der Waals surface area contributed by atoms with Crippen molar-refractivity contribution in [3.63, 3.8) is 0 Å². The monoisotopic (exact) mass is 332 g/mol. The minimum atomic E-state index is -0.621. The van der Waals surface area contributed by atoms with Crippen LogP contribution in [0.3, 0.4) is 0 Å². The molecule has 1 aromatic heterocycles. The summed E-state index contributed by atoms with van der Waals surface area (Å²) in [6, 6.07) is 10.5. The van der Waals surface area contributed by atoms with E-state index in [0.717, 1.165) is 11.4 Å². The molecule has 1 heterocycles. The molecule has 2 rings (SSSR count). The van der Waals surface area contributed by atoms with Crippen LogP contribution in [0.15, 0.2) is 48.8 Å². The lowest BCUT2D eigenvalue weighted by atomic mass is 10.1. The molecule has 0 spiro atoms. The van der Waals surface area contributed by atoms with Gasteiger partial charge in [-0.15, -0.1) is 0 Å². The van der Waals surface area contributed by atoms with Gasteiger partial charge in [0.15, 0.2) is 0 Å². The molecule has 1 aromatic carbocycles. The van der Waals surface area contributed by atoms with Gasteiger partial charge in [0.25, 0.3) is 5.91 Å². The Labute approximate surface area is 140 Å². The quantitative estimate of drug-likeness (QED) is 0.792. The van der Waals surface area contributed by atoms with Gasteiger partial charge in [-0.3, -0.25) is 4.79 Å². The summed E-state index contributed by atoms with van der Waals surface area (Å²) in [6.45, 7) is 0. The Kier molecular flexibility index (Phi) is 6.29. The summed E-state index contributed by atoms with van der Waals surface area (Å²) >= 11 is 1.62. The van der Waals surface area contributed by atoms with E-state index in [4.69, 9.17) is 4.74 Å². The second-order valence-corrected chi connectivity index (χ2v) is 5.95. The first-order chi connectivity index (χ1) is 11.2. The zero-order valence-electron chi connectivity index (χ0n) is 13.2. The maximum atomic E-state index is 12.3. The maximum Gasteiger partial charge on any atom is 0.328 e. The van der Waals surface area contributed by atoms with E-state index < -0.39 is 12.0 Å². The molecule has 0 saturated carbocycles. The van der Waals surface area contributed by atoms with Crippen LogP contribution in [0.25, 0.3) is 5.69 Å². The minimum absolute atomic E-state index is 0.277. The number of amides is 1. The average Bonchev–Trinajstić information content (AvgIpc) is 3.12. The molecule has 122 valence electrons. The summed E-state index contributed by atoms with van der Waals surface area (Å²) in [5, 5.41) is 2.74. The van der Waals surface area contributed by atoms with Crippen LogP contribution in [0.5, 0.6) is 0 Å². The van der Waals surface area contributed by atoms with Gasteiger partial charge in [0, 0.05) is 23.6 Å². The third-order valence-corrected chi connectivity index (χ3v) is 4.08. The first kappa shape index (κ1) is 17.1. The smallest absolute Gasteiger partial charge is 0.328 e. The number of methoxy groups -OCH3 is 1.